The third kappa shape index (κ3) is 4.18. The molecule has 2 atom stereocenters. The van der Waals surface area contributed by atoms with Crippen molar-refractivity contribution in [3.05, 3.63) is 34.6 Å². The molecule has 0 spiro atoms. The number of rotatable bonds is 5. The van der Waals surface area contributed by atoms with Crippen LogP contribution in [0, 0.1) is 11.7 Å². The summed E-state index contributed by atoms with van der Waals surface area (Å²) in [5, 5.41) is 3.24. The van der Waals surface area contributed by atoms with Crippen LogP contribution in [0.1, 0.15) is 33.3 Å². The predicted octanol–water partition coefficient (Wildman–Crippen LogP) is 2.86. The smallest absolute Gasteiger partial charge is 0.224 e. The second-order valence-electron chi connectivity index (χ2n) is 5.87. The topological polar surface area (TPSA) is 55.1 Å². The van der Waals surface area contributed by atoms with Crippen molar-refractivity contribution in [3.8, 4) is 0 Å². The monoisotopic (exact) mass is 300 g/mol. The van der Waals surface area contributed by atoms with E-state index in [2.05, 4.69) is 5.32 Å². The number of hydrogen-bond acceptors (Lipinski definition) is 2. The summed E-state index contributed by atoms with van der Waals surface area (Å²) in [6.45, 7) is 7.89. The highest BCUT2D eigenvalue weighted by molar-refractivity contribution is 6.31. The fraction of sp³-hybridized carbons (Fsp3) is 0.533. The SMILES string of the molecule is CC(N)C(C)C(=O)NCC(C)(C)c1ccc(F)cc1Cl. The van der Waals surface area contributed by atoms with E-state index in [-0.39, 0.29) is 23.7 Å². The van der Waals surface area contributed by atoms with Crippen LogP contribution in [0.25, 0.3) is 0 Å². The van der Waals surface area contributed by atoms with E-state index in [9.17, 15) is 9.18 Å². The Hall–Kier alpha value is -1.13. The van der Waals surface area contributed by atoms with Gasteiger partial charge in [-0.3, -0.25) is 4.79 Å². The van der Waals surface area contributed by atoms with Crippen LogP contribution >= 0.6 is 11.6 Å². The van der Waals surface area contributed by atoms with E-state index >= 15 is 0 Å². The van der Waals surface area contributed by atoms with Crippen molar-refractivity contribution in [1.82, 2.24) is 5.32 Å². The normalized spacial score (nSPS) is 14.8. The van der Waals surface area contributed by atoms with Gasteiger partial charge in [0.2, 0.25) is 5.91 Å². The van der Waals surface area contributed by atoms with Crippen LogP contribution in [-0.2, 0) is 10.2 Å². The molecule has 1 aromatic carbocycles. The van der Waals surface area contributed by atoms with Gasteiger partial charge in [-0.1, -0.05) is 38.4 Å². The Bertz CT molecular complexity index is 489. The molecular formula is C15H22ClFN2O. The number of halogens is 2. The van der Waals surface area contributed by atoms with Crippen LogP contribution in [0.2, 0.25) is 5.02 Å². The summed E-state index contributed by atoms with van der Waals surface area (Å²) >= 11 is 6.07. The maximum atomic E-state index is 13.1. The Balaban J connectivity index is 2.77. The van der Waals surface area contributed by atoms with Gasteiger partial charge in [0.1, 0.15) is 5.82 Å². The van der Waals surface area contributed by atoms with Gasteiger partial charge >= 0.3 is 0 Å². The fourth-order valence-corrected chi connectivity index (χ4v) is 2.26. The van der Waals surface area contributed by atoms with Crippen molar-refractivity contribution in [2.45, 2.75) is 39.2 Å². The van der Waals surface area contributed by atoms with E-state index < -0.39 is 5.41 Å². The number of nitrogens with two attached hydrogens (primary N) is 1. The molecule has 0 aliphatic carbocycles. The Kier molecular flexibility index (Phi) is 5.54. The standard InChI is InChI=1S/C15H22ClFN2O/c1-9(10(2)18)14(20)19-8-15(3,4)12-6-5-11(17)7-13(12)16/h5-7,9-10H,8,18H2,1-4H3,(H,19,20). The number of benzene rings is 1. The number of carbonyl (C=O) groups is 1. The lowest BCUT2D eigenvalue weighted by Crippen LogP contribution is -2.43. The quantitative estimate of drug-likeness (QED) is 0.878. The predicted molar refractivity (Wildman–Crippen MR) is 80.3 cm³/mol. The van der Waals surface area contributed by atoms with Crippen LogP contribution in [0.15, 0.2) is 18.2 Å². The molecule has 0 saturated heterocycles. The highest BCUT2D eigenvalue weighted by Crippen LogP contribution is 2.30. The minimum atomic E-state index is -0.391. The summed E-state index contributed by atoms with van der Waals surface area (Å²) in [4.78, 5) is 11.9. The zero-order chi connectivity index (χ0) is 15.5. The van der Waals surface area contributed by atoms with Gasteiger partial charge in [-0.2, -0.15) is 0 Å². The largest absolute Gasteiger partial charge is 0.355 e. The number of hydrogen-bond donors (Lipinski definition) is 2. The number of nitrogens with one attached hydrogen (secondary N) is 1. The van der Waals surface area contributed by atoms with Crippen molar-refractivity contribution in [1.29, 1.82) is 0 Å². The van der Waals surface area contributed by atoms with Gasteiger partial charge in [0, 0.05) is 28.9 Å². The van der Waals surface area contributed by atoms with Crippen LogP contribution in [0.4, 0.5) is 4.39 Å². The van der Waals surface area contributed by atoms with Crippen LogP contribution in [0.3, 0.4) is 0 Å². The van der Waals surface area contributed by atoms with Crippen LogP contribution in [-0.4, -0.2) is 18.5 Å². The molecule has 2 unspecified atom stereocenters. The van der Waals surface area contributed by atoms with Gasteiger partial charge in [0.25, 0.3) is 0 Å². The van der Waals surface area contributed by atoms with Crippen molar-refractivity contribution < 1.29 is 9.18 Å². The van der Waals surface area contributed by atoms with E-state index in [0.29, 0.717) is 11.6 Å². The molecule has 0 aromatic heterocycles. The van der Waals surface area contributed by atoms with Gasteiger partial charge in [0.05, 0.1) is 0 Å². The zero-order valence-electron chi connectivity index (χ0n) is 12.3. The van der Waals surface area contributed by atoms with E-state index in [0.717, 1.165) is 5.56 Å². The maximum absolute atomic E-state index is 13.1. The van der Waals surface area contributed by atoms with Crippen LogP contribution in [0.5, 0.6) is 0 Å². The summed E-state index contributed by atoms with van der Waals surface area (Å²) in [6.07, 6.45) is 0. The van der Waals surface area contributed by atoms with E-state index in [1.807, 2.05) is 13.8 Å². The van der Waals surface area contributed by atoms with Gasteiger partial charge < -0.3 is 11.1 Å². The summed E-state index contributed by atoms with van der Waals surface area (Å²) in [5.41, 5.74) is 6.11. The Morgan fingerprint density at radius 2 is 2.05 bits per heavy atom. The molecule has 3 N–H and O–H groups in total. The summed E-state index contributed by atoms with van der Waals surface area (Å²) in [7, 11) is 0. The zero-order valence-corrected chi connectivity index (χ0v) is 13.1. The van der Waals surface area contributed by atoms with Gasteiger partial charge in [-0.05, 0) is 24.6 Å². The third-order valence-electron chi connectivity index (χ3n) is 3.57. The van der Waals surface area contributed by atoms with Gasteiger partial charge in [0.15, 0.2) is 0 Å². The second-order valence-corrected chi connectivity index (χ2v) is 6.28. The maximum Gasteiger partial charge on any atom is 0.224 e. The molecule has 1 aromatic rings. The molecular weight excluding hydrogens is 279 g/mol. The third-order valence-corrected chi connectivity index (χ3v) is 3.88. The van der Waals surface area contributed by atoms with Crippen LogP contribution < -0.4 is 11.1 Å². The van der Waals surface area contributed by atoms with Gasteiger partial charge in [-0.15, -0.1) is 0 Å². The molecule has 0 saturated carbocycles. The van der Waals surface area contributed by atoms with E-state index in [4.69, 9.17) is 17.3 Å². The highest BCUT2D eigenvalue weighted by atomic mass is 35.5. The number of amides is 1. The molecule has 0 radical (unpaired) electrons. The van der Waals surface area contributed by atoms with Crippen molar-refractivity contribution >= 4 is 17.5 Å². The number of carbonyl (C=O) groups excluding carboxylic acids is 1. The van der Waals surface area contributed by atoms with Crippen molar-refractivity contribution in [3.63, 3.8) is 0 Å². The first-order valence-corrected chi connectivity index (χ1v) is 7.02. The first-order valence-electron chi connectivity index (χ1n) is 6.64. The second kappa shape index (κ2) is 6.55. The fourth-order valence-electron chi connectivity index (χ4n) is 1.84. The average molecular weight is 301 g/mol. The molecule has 1 rings (SSSR count). The molecule has 0 fully saturated rings. The Labute approximate surface area is 124 Å². The van der Waals surface area contributed by atoms with E-state index in [1.54, 1.807) is 19.9 Å². The lowest BCUT2D eigenvalue weighted by molar-refractivity contribution is -0.125. The molecule has 1 amide bonds. The molecule has 0 heterocycles. The molecule has 112 valence electrons. The average Bonchev–Trinajstić information content (AvgIpc) is 2.34. The molecule has 0 bridgehead atoms. The lowest BCUT2D eigenvalue weighted by Gasteiger charge is -2.28. The highest BCUT2D eigenvalue weighted by Gasteiger charge is 2.26. The first kappa shape index (κ1) is 16.9. The Morgan fingerprint density at radius 1 is 1.45 bits per heavy atom. The summed E-state index contributed by atoms with van der Waals surface area (Å²) < 4.78 is 13.1. The van der Waals surface area contributed by atoms with Crippen molar-refractivity contribution in [2.75, 3.05) is 6.54 Å². The molecule has 5 heteroatoms. The minimum Gasteiger partial charge on any atom is -0.355 e. The van der Waals surface area contributed by atoms with Crippen molar-refractivity contribution in [2.24, 2.45) is 11.7 Å². The summed E-state index contributed by atoms with van der Waals surface area (Å²) in [6, 6.07) is 4.10. The summed E-state index contributed by atoms with van der Waals surface area (Å²) in [5.74, 6) is -0.718. The molecule has 20 heavy (non-hydrogen) atoms. The molecule has 0 aliphatic rings. The lowest BCUT2D eigenvalue weighted by atomic mass is 9.84. The minimum absolute atomic E-state index is 0.0914. The van der Waals surface area contributed by atoms with Gasteiger partial charge in [-0.25, -0.2) is 4.39 Å². The Morgan fingerprint density at radius 3 is 2.55 bits per heavy atom. The van der Waals surface area contributed by atoms with E-state index in [1.165, 1.54) is 12.1 Å². The first-order chi connectivity index (χ1) is 9.15. The molecule has 3 nitrogen and oxygen atoms in total. The molecule has 0 aliphatic heterocycles.